The van der Waals surface area contributed by atoms with E-state index in [4.69, 9.17) is 9.15 Å². The zero-order valence-corrected chi connectivity index (χ0v) is 18.5. The maximum atomic E-state index is 14.8. The van der Waals surface area contributed by atoms with Gasteiger partial charge in [-0.05, 0) is 62.7 Å². The van der Waals surface area contributed by atoms with Crippen LogP contribution in [0.5, 0.6) is 5.75 Å². The maximum absolute atomic E-state index is 14.8. The lowest BCUT2D eigenvalue weighted by molar-refractivity contribution is -0.140. The fourth-order valence-electron chi connectivity index (χ4n) is 3.97. The zero-order chi connectivity index (χ0) is 23.7. The monoisotopic (exact) mass is 449 g/mol. The Morgan fingerprint density at radius 3 is 2.55 bits per heavy atom. The maximum Gasteiger partial charge on any atom is 0.296 e. The van der Waals surface area contributed by atoms with Crippen molar-refractivity contribution >= 4 is 17.4 Å². The second-order valence-electron chi connectivity index (χ2n) is 8.17. The minimum absolute atomic E-state index is 0.0314. The molecule has 7 heteroatoms. The van der Waals surface area contributed by atoms with E-state index in [1.165, 1.54) is 29.4 Å². The molecule has 0 bridgehead atoms. The molecule has 1 aliphatic rings. The average Bonchev–Trinajstić information content (AvgIpc) is 3.37. The van der Waals surface area contributed by atoms with Gasteiger partial charge in [-0.3, -0.25) is 9.59 Å². The molecule has 0 aliphatic carbocycles. The summed E-state index contributed by atoms with van der Waals surface area (Å²) in [5, 5.41) is 11.2. The number of rotatable bonds is 6. The number of carbonyl (C=O) groups excluding carboxylic acids is 2. The molecular weight excluding hydrogens is 425 g/mol. The molecule has 1 aliphatic heterocycles. The molecule has 1 aromatic heterocycles. The van der Waals surface area contributed by atoms with Crippen LogP contribution in [0, 0.1) is 12.7 Å². The highest BCUT2D eigenvalue weighted by Gasteiger charge is 2.47. The third-order valence-corrected chi connectivity index (χ3v) is 5.46. The summed E-state index contributed by atoms with van der Waals surface area (Å²) < 4.78 is 25.9. The van der Waals surface area contributed by atoms with Crippen molar-refractivity contribution in [2.24, 2.45) is 0 Å². The molecule has 1 amide bonds. The summed E-state index contributed by atoms with van der Waals surface area (Å²) in [7, 11) is 0. The summed E-state index contributed by atoms with van der Waals surface area (Å²) in [6, 6.07) is 13.1. The minimum atomic E-state index is -1.11. The number of ether oxygens (including phenoxy) is 1. The molecule has 170 valence electrons. The van der Waals surface area contributed by atoms with Gasteiger partial charge in [-0.1, -0.05) is 18.2 Å². The highest BCUT2D eigenvalue weighted by Crippen LogP contribution is 2.41. The van der Waals surface area contributed by atoms with Crippen molar-refractivity contribution in [2.45, 2.75) is 39.5 Å². The van der Waals surface area contributed by atoms with Crippen molar-refractivity contribution in [3.63, 3.8) is 0 Å². The van der Waals surface area contributed by atoms with Crippen molar-refractivity contribution in [1.29, 1.82) is 0 Å². The van der Waals surface area contributed by atoms with E-state index >= 15 is 0 Å². The Kier molecular flexibility index (Phi) is 6.05. The first-order valence-corrected chi connectivity index (χ1v) is 10.6. The van der Waals surface area contributed by atoms with Crippen molar-refractivity contribution in [3.05, 3.63) is 94.7 Å². The summed E-state index contributed by atoms with van der Waals surface area (Å²) in [4.78, 5) is 27.2. The summed E-state index contributed by atoms with van der Waals surface area (Å²) in [6.45, 7) is 5.58. The molecule has 0 saturated carbocycles. The number of likely N-dealkylation sites (tertiary alicyclic amines) is 1. The predicted octanol–water partition coefficient (Wildman–Crippen LogP) is 5.14. The average molecular weight is 449 g/mol. The Labute approximate surface area is 190 Å². The van der Waals surface area contributed by atoms with E-state index in [0.717, 1.165) is 5.56 Å². The topological polar surface area (TPSA) is 80.0 Å². The first-order chi connectivity index (χ1) is 15.8. The lowest BCUT2D eigenvalue weighted by Gasteiger charge is -2.25. The van der Waals surface area contributed by atoms with Gasteiger partial charge in [0.15, 0.2) is 0 Å². The predicted molar refractivity (Wildman–Crippen MR) is 120 cm³/mol. The van der Waals surface area contributed by atoms with Gasteiger partial charge in [-0.25, -0.2) is 4.39 Å². The number of amides is 1. The second-order valence-corrected chi connectivity index (χ2v) is 8.17. The highest BCUT2D eigenvalue weighted by atomic mass is 19.1. The van der Waals surface area contributed by atoms with E-state index in [2.05, 4.69) is 0 Å². The van der Waals surface area contributed by atoms with Gasteiger partial charge in [0, 0.05) is 11.1 Å². The first-order valence-electron chi connectivity index (χ1n) is 10.6. The number of carbonyl (C=O) groups is 2. The molecule has 0 spiro atoms. The Bertz CT molecular complexity index is 1230. The number of halogens is 1. The highest BCUT2D eigenvalue weighted by molar-refractivity contribution is 6.46. The van der Waals surface area contributed by atoms with Crippen molar-refractivity contribution in [2.75, 3.05) is 0 Å². The fraction of sp³-hybridized carbons (Fsp3) is 0.231. The van der Waals surface area contributed by atoms with Crippen molar-refractivity contribution < 1.29 is 28.2 Å². The lowest BCUT2D eigenvalue weighted by atomic mass is 9.94. The van der Waals surface area contributed by atoms with Crippen LogP contribution in [0.3, 0.4) is 0 Å². The van der Waals surface area contributed by atoms with Crippen molar-refractivity contribution in [3.8, 4) is 5.75 Å². The van der Waals surface area contributed by atoms with Crippen LogP contribution in [-0.2, 0) is 16.1 Å². The Morgan fingerprint density at radius 2 is 1.91 bits per heavy atom. The number of aliphatic hydroxyl groups excluding tert-OH is 1. The van der Waals surface area contributed by atoms with Crippen LogP contribution in [0.15, 0.2) is 70.9 Å². The van der Waals surface area contributed by atoms with E-state index in [0.29, 0.717) is 17.1 Å². The quantitative estimate of drug-likeness (QED) is 0.320. The number of hydrogen-bond donors (Lipinski definition) is 1. The Hall–Kier alpha value is -3.87. The summed E-state index contributed by atoms with van der Waals surface area (Å²) in [5.74, 6) is -1.60. The molecule has 2 heterocycles. The molecule has 33 heavy (non-hydrogen) atoms. The molecule has 1 unspecified atom stereocenters. The molecule has 2 aromatic carbocycles. The number of hydrogen-bond acceptors (Lipinski definition) is 5. The van der Waals surface area contributed by atoms with Crippen LogP contribution in [0.4, 0.5) is 4.39 Å². The van der Waals surface area contributed by atoms with Gasteiger partial charge < -0.3 is 19.2 Å². The largest absolute Gasteiger partial charge is 0.507 e. The molecule has 3 aromatic rings. The van der Waals surface area contributed by atoms with Gasteiger partial charge >= 0.3 is 0 Å². The van der Waals surface area contributed by atoms with Crippen molar-refractivity contribution in [1.82, 2.24) is 4.90 Å². The number of nitrogens with zero attached hydrogens (tertiary/aromatic N) is 1. The normalized spacial score (nSPS) is 17.7. The van der Waals surface area contributed by atoms with E-state index in [-0.39, 0.29) is 29.5 Å². The van der Waals surface area contributed by atoms with Gasteiger partial charge in [-0.2, -0.15) is 0 Å². The van der Waals surface area contributed by atoms with Crippen LogP contribution in [0.25, 0.3) is 5.76 Å². The molecule has 1 fully saturated rings. The summed E-state index contributed by atoms with van der Waals surface area (Å²) >= 11 is 0. The van der Waals surface area contributed by atoms with Gasteiger partial charge in [0.2, 0.25) is 0 Å². The molecule has 0 radical (unpaired) electrons. The fourth-order valence-corrected chi connectivity index (χ4v) is 3.97. The second kappa shape index (κ2) is 8.94. The van der Waals surface area contributed by atoms with Gasteiger partial charge in [0.1, 0.15) is 23.1 Å². The summed E-state index contributed by atoms with van der Waals surface area (Å²) in [6.07, 6.45) is 1.42. The number of benzene rings is 2. The number of Topliss-reactive ketones (excluding diaryl/α,β-unsaturated/α-hetero) is 1. The van der Waals surface area contributed by atoms with E-state index < -0.39 is 23.5 Å². The molecule has 1 saturated heterocycles. The minimum Gasteiger partial charge on any atom is -0.507 e. The number of furan rings is 1. The van der Waals surface area contributed by atoms with E-state index in [1.54, 1.807) is 36.4 Å². The molecule has 6 nitrogen and oxygen atoms in total. The molecular formula is C26H24FNO5. The van der Waals surface area contributed by atoms with Crippen LogP contribution >= 0.6 is 0 Å². The third kappa shape index (κ3) is 4.26. The molecule has 4 rings (SSSR count). The number of ketones is 1. The van der Waals surface area contributed by atoms with Crippen LogP contribution in [0.2, 0.25) is 0 Å². The third-order valence-electron chi connectivity index (χ3n) is 5.46. The first kappa shape index (κ1) is 22.3. The Morgan fingerprint density at radius 1 is 1.15 bits per heavy atom. The lowest BCUT2D eigenvalue weighted by Crippen LogP contribution is -2.29. The molecule has 1 N–H and O–H groups in total. The van der Waals surface area contributed by atoms with Gasteiger partial charge in [0.25, 0.3) is 11.7 Å². The SMILES string of the molecule is Cc1cc(/C(O)=C2\C(=O)C(=O)N(Cc3ccco3)C2c2ccccc2F)ccc1OC(C)C. The summed E-state index contributed by atoms with van der Waals surface area (Å²) in [5.41, 5.74) is 1.02. The van der Waals surface area contributed by atoms with Crippen LogP contribution < -0.4 is 4.74 Å². The number of aryl methyl sites for hydroxylation is 1. The van der Waals surface area contributed by atoms with Crippen LogP contribution in [-0.4, -0.2) is 27.8 Å². The zero-order valence-electron chi connectivity index (χ0n) is 18.5. The van der Waals surface area contributed by atoms with Gasteiger partial charge in [-0.15, -0.1) is 0 Å². The smallest absolute Gasteiger partial charge is 0.296 e. The number of aliphatic hydroxyl groups is 1. The van der Waals surface area contributed by atoms with Crippen LogP contribution in [0.1, 0.15) is 42.3 Å². The van der Waals surface area contributed by atoms with E-state index in [9.17, 15) is 19.1 Å². The standard InChI is InChI=1S/C26H24FNO5/c1-15(2)33-21-11-10-17(13-16(21)3)24(29)22-23(19-8-4-5-9-20(19)27)28(26(31)25(22)30)14-18-7-6-12-32-18/h4-13,15,23,29H,14H2,1-3H3/b24-22+. The van der Waals surface area contributed by atoms with Gasteiger partial charge in [0.05, 0.1) is 30.5 Å². The Balaban J connectivity index is 1.84. The molecule has 1 atom stereocenters. The van der Waals surface area contributed by atoms with E-state index in [1.807, 2.05) is 20.8 Å².